The van der Waals surface area contributed by atoms with Crippen LogP contribution in [0.1, 0.15) is 28.8 Å². The summed E-state index contributed by atoms with van der Waals surface area (Å²) < 4.78 is 40.6. The van der Waals surface area contributed by atoms with Gasteiger partial charge in [-0.05, 0) is 72.9 Å². The molecule has 0 bridgehead atoms. The molecule has 0 saturated heterocycles. The minimum Gasteiger partial charge on any atom is -0.340 e. The van der Waals surface area contributed by atoms with Gasteiger partial charge in [0.25, 0.3) is 5.91 Å². The van der Waals surface area contributed by atoms with Gasteiger partial charge < -0.3 is 10.6 Å². The first-order valence-corrected chi connectivity index (χ1v) is 12.8. The lowest BCUT2D eigenvalue weighted by molar-refractivity contribution is -0.118. The summed E-state index contributed by atoms with van der Waals surface area (Å²) in [6, 6.07) is 19.2. The number of amides is 2. The summed E-state index contributed by atoms with van der Waals surface area (Å²) in [5.41, 5.74) is 1.46. The van der Waals surface area contributed by atoms with Gasteiger partial charge in [-0.25, -0.2) is 17.5 Å². The zero-order valence-electron chi connectivity index (χ0n) is 18.9. The standard InChI is InChI=1S/C26H26FN3O4S/c27-21-10-8-20(9-11-21)25(31)30-24(16-18-4-2-1-3-5-18)26(32)29-22-12-14-23(15-13-22)35(33,34)28-17-19-6-7-19/h1-5,8-15,19,24,28H,6-7,16-17H2,(H,29,32)(H,30,31). The lowest BCUT2D eigenvalue weighted by Crippen LogP contribution is -2.45. The number of nitrogens with one attached hydrogen (secondary N) is 3. The fraction of sp³-hybridized carbons (Fsp3) is 0.231. The van der Waals surface area contributed by atoms with Gasteiger partial charge in [0.05, 0.1) is 4.90 Å². The maximum Gasteiger partial charge on any atom is 0.251 e. The van der Waals surface area contributed by atoms with Crippen LogP contribution in [0.4, 0.5) is 10.1 Å². The Morgan fingerprint density at radius 3 is 2.20 bits per heavy atom. The van der Waals surface area contributed by atoms with E-state index in [1.807, 2.05) is 30.3 Å². The SMILES string of the molecule is O=C(NC(Cc1ccccc1)C(=O)Nc1ccc(S(=O)(=O)NCC2CC2)cc1)c1ccc(F)cc1. The second kappa shape index (κ2) is 10.8. The predicted molar refractivity (Wildman–Crippen MR) is 131 cm³/mol. The molecule has 0 spiro atoms. The predicted octanol–water partition coefficient (Wildman–Crippen LogP) is 3.49. The van der Waals surface area contributed by atoms with Crippen LogP contribution in [0.5, 0.6) is 0 Å². The number of rotatable bonds is 10. The highest BCUT2D eigenvalue weighted by molar-refractivity contribution is 7.89. The minimum atomic E-state index is -3.61. The summed E-state index contributed by atoms with van der Waals surface area (Å²) in [6.07, 6.45) is 2.31. The van der Waals surface area contributed by atoms with Crippen molar-refractivity contribution in [1.29, 1.82) is 0 Å². The van der Waals surface area contributed by atoms with E-state index in [1.165, 1.54) is 48.5 Å². The molecule has 3 N–H and O–H groups in total. The Morgan fingerprint density at radius 2 is 1.57 bits per heavy atom. The van der Waals surface area contributed by atoms with E-state index in [-0.39, 0.29) is 16.9 Å². The molecular weight excluding hydrogens is 469 g/mol. The summed E-state index contributed by atoms with van der Waals surface area (Å²) in [5.74, 6) is -1.03. The molecule has 1 fully saturated rings. The van der Waals surface area contributed by atoms with Crippen LogP contribution in [-0.2, 0) is 21.2 Å². The molecule has 4 rings (SSSR count). The lowest BCUT2D eigenvalue weighted by Gasteiger charge is -2.19. The van der Waals surface area contributed by atoms with Crippen molar-refractivity contribution in [1.82, 2.24) is 10.0 Å². The van der Waals surface area contributed by atoms with Crippen LogP contribution in [0.15, 0.2) is 83.8 Å². The summed E-state index contributed by atoms with van der Waals surface area (Å²) in [7, 11) is -3.61. The normalized spacial score (nSPS) is 14.2. The molecule has 0 aliphatic heterocycles. The van der Waals surface area contributed by atoms with E-state index in [0.717, 1.165) is 18.4 Å². The molecule has 2 amide bonds. The number of sulfonamides is 1. The van der Waals surface area contributed by atoms with Gasteiger partial charge in [-0.15, -0.1) is 0 Å². The topological polar surface area (TPSA) is 104 Å². The summed E-state index contributed by atoms with van der Waals surface area (Å²) in [6.45, 7) is 0.426. The van der Waals surface area contributed by atoms with Gasteiger partial charge in [0.2, 0.25) is 15.9 Å². The number of carbonyl (C=O) groups excluding carboxylic acids is 2. The van der Waals surface area contributed by atoms with Crippen LogP contribution in [0, 0.1) is 11.7 Å². The number of carbonyl (C=O) groups is 2. The van der Waals surface area contributed by atoms with Gasteiger partial charge in [-0.1, -0.05) is 30.3 Å². The Hall–Kier alpha value is -3.56. The van der Waals surface area contributed by atoms with Crippen LogP contribution < -0.4 is 15.4 Å². The third-order valence-electron chi connectivity index (χ3n) is 5.70. The maximum atomic E-state index is 13.2. The van der Waals surface area contributed by atoms with Gasteiger partial charge in [-0.3, -0.25) is 9.59 Å². The van der Waals surface area contributed by atoms with E-state index in [0.29, 0.717) is 18.2 Å². The third-order valence-corrected chi connectivity index (χ3v) is 7.14. The molecule has 3 aromatic rings. The fourth-order valence-corrected chi connectivity index (χ4v) is 4.60. The number of halogens is 1. The molecule has 9 heteroatoms. The lowest BCUT2D eigenvalue weighted by atomic mass is 10.0. The highest BCUT2D eigenvalue weighted by atomic mass is 32.2. The second-order valence-electron chi connectivity index (χ2n) is 8.53. The van der Waals surface area contributed by atoms with Gasteiger partial charge in [0.15, 0.2) is 0 Å². The summed E-state index contributed by atoms with van der Waals surface area (Å²) >= 11 is 0. The van der Waals surface area contributed by atoms with Crippen molar-refractivity contribution >= 4 is 27.5 Å². The Morgan fingerprint density at radius 1 is 0.914 bits per heavy atom. The maximum absolute atomic E-state index is 13.2. The van der Waals surface area contributed by atoms with Gasteiger partial charge in [0, 0.05) is 24.2 Å². The van der Waals surface area contributed by atoms with Crippen molar-refractivity contribution in [3.63, 3.8) is 0 Å². The number of benzene rings is 3. The van der Waals surface area contributed by atoms with Crippen LogP contribution in [0.3, 0.4) is 0 Å². The average molecular weight is 496 g/mol. The van der Waals surface area contributed by atoms with Gasteiger partial charge in [0.1, 0.15) is 11.9 Å². The minimum absolute atomic E-state index is 0.113. The monoisotopic (exact) mass is 495 g/mol. The van der Waals surface area contributed by atoms with Gasteiger partial charge >= 0.3 is 0 Å². The molecule has 182 valence electrons. The number of anilines is 1. The highest BCUT2D eigenvalue weighted by Crippen LogP contribution is 2.28. The molecule has 3 aromatic carbocycles. The first-order valence-electron chi connectivity index (χ1n) is 11.3. The van der Waals surface area contributed by atoms with Crippen LogP contribution in [0.25, 0.3) is 0 Å². The second-order valence-corrected chi connectivity index (χ2v) is 10.3. The quantitative estimate of drug-likeness (QED) is 0.401. The third kappa shape index (κ3) is 6.97. The molecule has 1 unspecified atom stereocenters. The number of hydrogen-bond acceptors (Lipinski definition) is 4. The molecule has 1 saturated carbocycles. The Labute approximate surface area is 203 Å². The molecule has 35 heavy (non-hydrogen) atoms. The van der Waals surface area contributed by atoms with E-state index in [4.69, 9.17) is 0 Å². The average Bonchev–Trinajstić information content (AvgIpc) is 3.68. The van der Waals surface area contributed by atoms with E-state index >= 15 is 0 Å². The Balaban J connectivity index is 1.45. The highest BCUT2D eigenvalue weighted by Gasteiger charge is 2.25. The van der Waals surface area contributed by atoms with Crippen molar-refractivity contribution < 1.29 is 22.4 Å². The van der Waals surface area contributed by atoms with E-state index in [1.54, 1.807) is 0 Å². The summed E-state index contributed by atoms with van der Waals surface area (Å²) in [5, 5.41) is 5.45. The molecule has 0 heterocycles. The van der Waals surface area contributed by atoms with Crippen molar-refractivity contribution in [2.24, 2.45) is 5.92 Å². The smallest absolute Gasteiger partial charge is 0.251 e. The molecule has 1 aliphatic carbocycles. The van der Waals surface area contributed by atoms with Crippen LogP contribution >= 0.6 is 0 Å². The van der Waals surface area contributed by atoms with Crippen molar-refractivity contribution in [2.45, 2.75) is 30.2 Å². The van der Waals surface area contributed by atoms with E-state index in [2.05, 4.69) is 15.4 Å². The Kier molecular flexibility index (Phi) is 7.57. The fourth-order valence-electron chi connectivity index (χ4n) is 3.48. The Bertz CT molecular complexity index is 1280. The van der Waals surface area contributed by atoms with E-state index in [9.17, 15) is 22.4 Å². The largest absolute Gasteiger partial charge is 0.340 e. The molecule has 1 atom stereocenters. The summed E-state index contributed by atoms with van der Waals surface area (Å²) in [4.78, 5) is 25.9. The van der Waals surface area contributed by atoms with Crippen LogP contribution in [-0.4, -0.2) is 32.8 Å². The van der Waals surface area contributed by atoms with Crippen molar-refractivity contribution in [2.75, 3.05) is 11.9 Å². The molecule has 1 aliphatic rings. The first-order chi connectivity index (χ1) is 16.8. The number of hydrogen-bond donors (Lipinski definition) is 3. The first kappa shape index (κ1) is 24.6. The zero-order chi connectivity index (χ0) is 24.8. The molecular formula is C26H26FN3O4S. The van der Waals surface area contributed by atoms with Gasteiger partial charge in [-0.2, -0.15) is 0 Å². The molecule has 0 aromatic heterocycles. The molecule has 0 radical (unpaired) electrons. The van der Waals surface area contributed by atoms with E-state index < -0.39 is 33.7 Å². The van der Waals surface area contributed by atoms with Crippen LogP contribution in [0.2, 0.25) is 0 Å². The van der Waals surface area contributed by atoms with Crippen molar-refractivity contribution in [3.05, 3.63) is 95.8 Å². The van der Waals surface area contributed by atoms with Crippen molar-refractivity contribution in [3.8, 4) is 0 Å². The zero-order valence-corrected chi connectivity index (χ0v) is 19.7. The molecule has 7 nitrogen and oxygen atoms in total.